The summed E-state index contributed by atoms with van der Waals surface area (Å²) < 4.78 is 27.7. The molecule has 4 aromatic rings. The van der Waals surface area contributed by atoms with Crippen LogP contribution in [0.5, 0.6) is 0 Å². The zero-order valence-corrected chi connectivity index (χ0v) is 24.9. The van der Waals surface area contributed by atoms with E-state index < -0.39 is 71.3 Å². The Kier molecular flexibility index (Phi) is 6.32. The first-order valence-corrected chi connectivity index (χ1v) is 15.1. The third-order valence-electron chi connectivity index (χ3n) is 9.73. The largest absolute Gasteiger partial charge is 0.274 e. The molecule has 4 amide bonds. The number of amides is 4. The molecule has 0 N–H and O–H groups in total. The Morgan fingerprint density at radius 3 is 1.09 bits per heavy atom. The molecule has 0 unspecified atom stereocenters. The van der Waals surface area contributed by atoms with Gasteiger partial charge in [0.15, 0.2) is 0 Å². The fraction of sp³-hybridized carbons (Fsp3) is 0.222. The minimum Gasteiger partial charge on any atom is -0.274 e. The monoisotopic (exact) mass is 618 g/mol. The van der Waals surface area contributed by atoms with Gasteiger partial charge in [-0.1, -0.05) is 59.7 Å². The number of hydrogen-bond acceptors (Lipinski definition) is 6. The number of carbonyl (C=O) groups is 4. The number of fused-ring (bicyclic) bond motifs is 5. The van der Waals surface area contributed by atoms with Gasteiger partial charge in [-0.2, -0.15) is 0 Å². The summed E-state index contributed by atoms with van der Waals surface area (Å²) in [4.78, 5) is 59.8. The molecule has 4 aromatic carbocycles. The van der Waals surface area contributed by atoms with Crippen molar-refractivity contribution in [2.24, 2.45) is 11.8 Å². The Morgan fingerprint density at radius 2 is 0.761 bits per heavy atom. The van der Waals surface area contributed by atoms with Crippen LogP contribution < -0.4 is 9.80 Å². The minimum atomic E-state index is -1.03. The summed E-state index contributed by atoms with van der Waals surface area (Å²) in [6, 6.07) is 22.0. The predicted octanol–water partition coefficient (Wildman–Crippen LogP) is 5.03. The maximum absolute atomic E-state index is 14.4. The van der Waals surface area contributed by atoms with Crippen molar-refractivity contribution in [1.82, 2.24) is 10.0 Å². The molecule has 4 saturated heterocycles. The number of halogens is 2. The van der Waals surface area contributed by atoms with Crippen LogP contribution in [-0.4, -0.2) is 45.7 Å². The van der Waals surface area contributed by atoms with Gasteiger partial charge in [0.05, 0.1) is 35.3 Å². The smallest absolute Gasteiger partial charge is 0.253 e. The average Bonchev–Trinajstić information content (AvgIpc) is 3.71. The number of rotatable bonds is 4. The molecular weight excluding hydrogens is 590 g/mol. The summed E-state index contributed by atoms with van der Waals surface area (Å²) in [6.07, 6.45) is 0. The van der Waals surface area contributed by atoms with Crippen LogP contribution in [0.15, 0.2) is 97.1 Å². The fourth-order valence-corrected chi connectivity index (χ4v) is 7.71. The highest BCUT2D eigenvalue weighted by atomic mass is 19.1. The summed E-state index contributed by atoms with van der Waals surface area (Å²) in [5.41, 5.74) is 3.91. The van der Waals surface area contributed by atoms with Crippen LogP contribution in [0.25, 0.3) is 0 Å². The van der Waals surface area contributed by atoms with E-state index in [2.05, 4.69) is 0 Å². The van der Waals surface area contributed by atoms with Gasteiger partial charge >= 0.3 is 0 Å². The van der Waals surface area contributed by atoms with Crippen molar-refractivity contribution in [3.63, 3.8) is 0 Å². The van der Waals surface area contributed by atoms with Gasteiger partial charge in [0, 0.05) is 0 Å². The van der Waals surface area contributed by atoms with E-state index in [1.165, 1.54) is 48.5 Å². The summed E-state index contributed by atoms with van der Waals surface area (Å²) in [7, 11) is 0. The van der Waals surface area contributed by atoms with Crippen molar-refractivity contribution >= 4 is 35.0 Å². The van der Waals surface area contributed by atoms with E-state index in [0.717, 1.165) is 20.9 Å². The van der Waals surface area contributed by atoms with Crippen molar-refractivity contribution in [1.29, 1.82) is 0 Å². The van der Waals surface area contributed by atoms with E-state index >= 15 is 0 Å². The van der Waals surface area contributed by atoms with Gasteiger partial charge in [0.25, 0.3) is 11.8 Å². The second kappa shape index (κ2) is 10.2. The number of hydrogen-bond donors (Lipinski definition) is 0. The van der Waals surface area contributed by atoms with Gasteiger partial charge in [0.1, 0.15) is 23.7 Å². The second-order valence-electron chi connectivity index (χ2n) is 12.4. The van der Waals surface area contributed by atoms with Crippen molar-refractivity contribution < 1.29 is 28.0 Å². The molecule has 230 valence electrons. The SMILES string of the molecule is Cc1ccc([C@@H]2[C@@H]3C(=O)N(c4ccc(F)cc4)C(=O)[C@@H]3N3[C@H](c4ccc(C)cc4)[C@@H]4C(=O)N(c5ccc(F)cc5)C(=O)[C@@H]4N23)cc1. The van der Waals surface area contributed by atoms with E-state index in [-0.39, 0.29) is 11.4 Å². The number of nitrogens with zero attached hydrogens (tertiary/aromatic N) is 4. The van der Waals surface area contributed by atoms with Gasteiger partial charge in [0.2, 0.25) is 11.8 Å². The van der Waals surface area contributed by atoms with Gasteiger partial charge in [-0.15, -0.1) is 0 Å². The summed E-state index contributed by atoms with van der Waals surface area (Å²) >= 11 is 0. The minimum absolute atomic E-state index is 0.251. The van der Waals surface area contributed by atoms with Crippen molar-refractivity contribution in [2.45, 2.75) is 38.0 Å². The molecule has 10 heteroatoms. The molecule has 4 heterocycles. The highest BCUT2D eigenvalue weighted by Gasteiger charge is 2.73. The molecule has 0 aromatic heterocycles. The van der Waals surface area contributed by atoms with Crippen LogP contribution in [0.4, 0.5) is 20.2 Å². The number of anilines is 2. The number of hydrazine groups is 1. The van der Waals surface area contributed by atoms with Crippen LogP contribution in [0.1, 0.15) is 34.3 Å². The van der Waals surface area contributed by atoms with E-state index in [1.807, 2.05) is 62.4 Å². The molecule has 0 aliphatic carbocycles. The first-order chi connectivity index (χ1) is 22.2. The Morgan fingerprint density at radius 1 is 0.435 bits per heavy atom. The Labute approximate surface area is 263 Å². The van der Waals surface area contributed by atoms with E-state index in [9.17, 15) is 28.0 Å². The van der Waals surface area contributed by atoms with Crippen LogP contribution in [-0.2, 0) is 19.2 Å². The molecule has 0 radical (unpaired) electrons. The highest BCUT2D eigenvalue weighted by Crippen LogP contribution is 2.59. The normalized spacial score (nSPS) is 27.5. The van der Waals surface area contributed by atoms with Crippen LogP contribution >= 0.6 is 0 Å². The highest BCUT2D eigenvalue weighted by molar-refractivity contribution is 6.26. The molecule has 0 spiro atoms. The summed E-state index contributed by atoms with van der Waals surface area (Å²) in [5.74, 6) is -4.78. The van der Waals surface area contributed by atoms with Gasteiger partial charge < -0.3 is 0 Å². The summed E-state index contributed by atoms with van der Waals surface area (Å²) in [6.45, 7) is 3.88. The molecule has 0 bridgehead atoms. The Balaban J connectivity index is 1.32. The first kappa shape index (κ1) is 28.4. The fourth-order valence-electron chi connectivity index (χ4n) is 7.71. The van der Waals surface area contributed by atoms with Gasteiger partial charge in [-0.25, -0.2) is 28.6 Å². The van der Waals surface area contributed by atoms with Crippen molar-refractivity contribution in [3.8, 4) is 0 Å². The van der Waals surface area contributed by atoms with Crippen LogP contribution in [0.3, 0.4) is 0 Å². The Bertz CT molecular complexity index is 1770. The molecule has 8 rings (SSSR count). The van der Waals surface area contributed by atoms with Gasteiger partial charge in [-0.3, -0.25) is 19.2 Å². The van der Waals surface area contributed by atoms with E-state index in [4.69, 9.17) is 0 Å². The number of carbonyl (C=O) groups excluding carboxylic acids is 4. The number of aryl methyl sites for hydroxylation is 2. The lowest BCUT2D eigenvalue weighted by Crippen LogP contribution is -2.50. The quantitative estimate of drug-likeness (QED) is 0.299. The lowest BCUT2D eigenvalue weighted by Gasteiger charge is -2.35. The zero-order valence-electron chi connectivity index (χ0n) is 24.9. The van der Waals surface area contributed by atoms with Crippen LogP contribution in [0, 0.1) is 37.3 Å². The third kappa shape index (κ3) is 3.96. The average molecular weight is 619 g/mol. The first-order valence-electron chi connectivity index (χ1n) is 15.1. The zero-order chi connectivity index (χ0) is 32.0. The second-order valence-corrected chi connectivity index (χ2v) is 12.4. The maximum Gasteiger partial charge on any atom is 0.253 e. The van der Waals surface area contributed by atoms with E-state index in [1.54, 1.807) is 10.0 Å². The molecular formula is C36H28F2N4O4. The molecule has 4 fully saturated rings. The van der Waals surface area contributed by atoms with Crippen molar-refractivity contribution in [2.75, 3.05) is 9.80 Å². The molecule has 4 aliphatic heterocycles. The van der Waals surface area contributed by atoms with Crippen molar-refractivity contribution in [3.05, 3.63) is 131 Å². The molecule has 46 heavy (non-hydrogen) atoms. The molecule has 0 saturated carbocycles. The van der Waals surface area contributed by atoms with Crippen LogP contribution in [0.2, 0.25) is 0 Å². The number of imide groups is 2. The predicted molar refractivity (Wildman–Crippen MR) is 164 cm³/mol. The standard InChI is InChI=1S/C36H28F2N4O4/c1-19-3-7-21(8-4-19)29-27-31(35(45)39(33(27)43)25-15-11-23(37)12-16-25)42-30(22-9-5-20(2)6-10-22)28-32(41(29)42)36(46)40(34(28)44)26-17-13-24(38)14-18-26/h3-18,27-32H,1-2H3/t27-,28-,29+,30+,31+,32+/m0/s1. The van der Waals surface area contributed by atoms with Gasteiger partial charge in [-0.05, 0) is 73.5 Å². The van der Waals surface area contributed by atoms with E-state index in [0.29, 0.717) is 11.1 Å². The third-order valence-corrected chi connectivity index (χ3v) is 9.73. The molecule has 8 nitrogen and oxygen atoms in total. The maximum atomic E-state index is 14.4. The summed E-state index contributed by atoms with van der Waals surface area (Å²) in [5, 5.41) is 3.58. The molecule has 6 atom stereocenters. The Hall–Kier alpha value is -5.06. The topological polar surface area (TPSA) is 81.2 Å². The number of benzene rings is 4. The lowest BCUT2D eigenvalue weighted by atomic mass is 9.84. The lowest BCUT2D eigenvalue weighted by molar-refractivity contribution is -0.136. The molecule has 4 aliphatic rings.